The zero-order chi connectivity index (χ0) is 19.4. The van der Waals surface area contributed by atoms with Crippen LogP contribution in [-0.4, -0.2) is 38.9 Å². The zero-order valence-electron chi connectivity index (χ0n) is 17.3. The van der Waals surface area contributed by atoms with Crippen LogP contribution in [0.5, 0.6) is 0 Å². The van der Waals surface area contributed by atoms with Crippen molar-refractivity contribution >= 4 is 41.0 Å². The van der Waals surface area contributed by atoms with E-state index in [0.29, 0.717) is 0 Å². The van der Waals surface area contributed by atoms with Crippen molar-refractivity contribution in [2.45, 2.75) is 40.3 Å². The molecule has 1 aromatic carbocycles. The van der Waals surface area contributed by atoms with Gasteiger partial charge in [0, 0.05) is 45.0 Å². The van der Waals surface area contributed by atoms with Crippen molar-refractivity contribution in [3.8, 4) is 0 Å². The maximum absolute atomic E-state index is 4.62. The van der Waals surface area contributed by atoms with Crippen LogP contribution in [0.4, 0.5) is 0 Å². The smallest absolute Gasteiger partial charge is 0.191 e. The summed E-state index contributed by atoms with van der Waals surface area (Å²) in [6, 6.07) is 8.28. The lowest BCUT2D eigenvalue weighted by atomic mass is 10.2. The topological polar surface area (TPSA) is 72.1 Å². The molecule has 0 aliphatic carbocycles. The molecule has 3 rings (SSSR count). The maximum Gasteiger partial charge on any atom is 0.191 e. The number of para-hydroxylation sites is 2. The van der Waals surface area contributed by atoms with E-state index in [9.17, 15) is 0 Å². The Labute approximate surface area is 183 Å². The average Bonchev–Trinajstić information content (AvgIpc) is 3.10. The lowest BCUT2D eigenvalue weighted by molar-refractivity contribution is 0.624. The predicted octanol–water partition coefficient (Wildman–Crippen LogP) is 3.07. The molecular weight excluding hydrogens is 465 g/mol. The molecule has 152 valence electrons. The molecule has 0 bridgehead atoms. The normalized spacial score (nSPS) is 11.5. The molecule has 0 amide bonds. The number of imidazole rings is 1. The van der Waals surface area contributed by atoms with Crippen molar-refractivity contribution in [1.29, 1.82) is 0 Å². The number of nitrogens with one attached hydrogen (secondary N) is 2. The molecule has 0 saturated heterocycles. The molecule has 2 heterocycles. The summed E-state index contributed by atoms with van der Waals surface area (Å²) < 4.78 is 4.19. The highest BCUT2D eigenvalue weighted by molar-refractivity contribution is 14.0. The average molecular weight is 495 g/mol. The van der Waals surface area contributed by atoms with Crippen molar-refractivity contribution in [1.82, 2.24) is 30.0 Å². The van der Waals surface area contributed by atoms with Gasteiger partial charge in [-0.1, -0.05) is 12.1 Å². The molecule has 0 spiro atoms. The summed E-state index contributed by atoms with van der Waals surface area (Å²) in [5, 5.41) is 11.2. The van der Waals surface area contributed by atoms with Gasteiger partial charge in [-0.05, 0) is 39.3 Å². The van der Waals surface area contributed by atoms with Gasteiger partial charge in [0.2, 0.25) is 0 Å². The van der Waals surface area contributed by atoms with Gasteiger partial charge in [0.1, 0.15) is 5.82 Å². The van der Waals surface area contributed by atoms with Gasteiger partial charge in [0.15, 0.2) is 5.96 Å². The second-order valence-electron chi connectivity index (χ2n) is 6.78. The maximum atomic E-state index is 4.62. The number of rotatable bonds is 6. The summed E-state index contributed by atoms with van der Waals surface area (Å²) >= 11 is 0. The highest BCUT2D eigenvalue weighted by atomic mass is 127. The minimum absolute atomic E-state index is 0. The van der Waals surface area contributed by atoms with Gasteiger partial charge < -0.3 is 15.2 Å². The summed E-state index contributed by atoms with van der Waals surface area (Å²) in [6.07, 6.45) is 0.993. The third-order valence-corrected chi connectivity index (χ3v) is 5.01. The van der Waals surface area contributed by atoms with Crippen LogP contribution < -0.4 is 10.6 Å². The van der Waals surface area contributed by atoms with Crippen LogP contribution in [0.1, 0.15) is 29.2 Å². The first-order valence-corrected chi connectivity index (χ1v) is 9.36. The number of guanidine groups is 1. The van der Waals surface area contributed by atoms with Crippen LogP contribution >= 0.6 is 24.0 Å². The minimum Gasteiger partial charge on any atom is -0.356 e. The van der Waals surface area contributed by atoms with Gasteiger partial charge in [-0.3, -0.25) is 9.67 Å². The molecule has 8 heteroatoms. The molecule has 0 atom stereocenters. The van der Waals surface area contributed by atoms with Crippen molar-refractivity contribution < 1.29 is 0 Å². The van der Waals surface area contributed by atoms with E-state index in [1.807, 2.05) is 24.7 Å². The summed E-state index contributed by atoms with van der Waals surface area (Å²) in [5.74, 6) is 1.87. The Kier molecular flexibility index (Phi) is 7.85. The number of hydrogen-bond donors (Lipinski definition) is 2. The van der Waals surface area contributed by atoms with Crippen LogP contribution in [0.3, 0.4) is 0 Å². The van der Waals surface area contributed by atoms with Gasteiger partial charge in [-0.15, -0.1) is 24.0 Å². The number of hydrogen-bond acceptors (Lipinski definition) is 3. The molecule has 7 nitrogen and oxygen atoms in total. The van der Waals surface area contributed by atoms with Crippen molar-refractivity contribution in [2.24, 2.45) is 12.0 Å². The first-order chi connectivity index (χ1) is 13.0. The Morgan fingerprint density at radius 1 is 1.14 bits per heavy atom. The number of aromatic nitrogens is 4. The number of aryl methyl sites for hydroxylation is 4. The lowest BCUT2D eigenvalue weighted by Crippen LogP contribution is -2.37. The Balaban J connectivity index is 0.00000280. The number of fused-ring (bicyclic) bond motifs is 1. The van der Waals surface area contributed by atoms with Gasteiger partial charge in [-0.2, -0.15) is 5.10 Å². The van der Waals surface area contributed by atoms with E-state index in [2.05, 4.69) is 62.3 Å². The first kappa shape index (κ1) is 22.2. The highest BCUT2D eigenvalue weighted by Crippen LogP contribution is 2.15. The zero-order valence-corrected chi connectivity index (χ0v) is 19.6. The standard InChI is InChI=1S/C20H29N7.HI/c1-14-17(15(2)26(5)25-14)13-23-20(21-4)22-11-8-12-27-16(3)24-18-9-6-7-10-19(18)27;/h6-7,9-10H,8,11-13H2,1-5H3,(H2,21,22,23);1H. The summed E-state index contributed by atoms with van der Waals surface area (Å²) in [5.41, 5.74) is 5.71. The molecule has 2 N–H and O–H groups in total. The van der Waals surface area contributed by atoms with Gasteiger partial charge >= 0.3 is 0 Å². The lowest BCUT2D eigenvalue weighted by Gasteiger charge is -2.13. The fourth-order valence-corrected chi connectivity index (χ4v) is 3.39. The second-order valence-corrected chi connectivity index (χ2v) is 6.78. The number of nitrogens with zero attached hydrogens (tertiary/aromatic N) is 5. The van der Waals surface area contributed by atoms with Crippen LogP contribution in [-0.2, 0) is 20.1 Å². The Morgan fingerprint density at radius 3 is 2.57 bits per heavy atom. The highest BCUT2D eigenvalue weighted by Gasteiger charge is 2.10. The van der Waals surface area contributed by atoms with E-state index in [1.165, 1.54) is 16.8 Å². The van der Waals surface area contributed by atoms with Crippen LogP contribution in [0, 0.1) is 20.8 Å². The predicted molar refractivity (Wildman–Crippen MR) is 125 cm³/mol. The third-order valence-electron chi connectivity index (χ3n) is 5.01. The van der Waals surface area contributed by atoms with Gasteiger partial charge in [0.25, 0.3) is 0 Å². The quantitative estimate of drug-likeness (QED) is 0.239. The van der Waals surface area contributed by atoms with E-state index in [0.717, 1.165) is 49.0 Å². The molecular formula is C20H30IN7. The van der Waals surface area contributed by atoms with Crippen LogP contribution in [0.15, 0.2) is 29.3 Å². The molecule has 0 radical (unpaired) electrons. The molecule has 0 saturated carbocycles. The van der Waals surface area contributed by atoms with E-state index in [4.69, 9.17) is 0 Å². The first-order valence-electron chi connectivity index (χ1n) is 9.36. The monoisotopic (exact) mass is 495 g/mol. The summed E-state index contributed by atoms with van der Waals surface area (Å²) in [4.78, 5) is 8.94. The van der Waals surface area contributed by atoms with E-state index in [-0.39, 0.29) is 24.0 Å². The van der Waals surface area contributed by atoms with Crippen molar-refractivity contribution in [3.05, 3.63) is 47.0 Å². The molecule has 0 unspecified atom stereocenters. The minimum atomic E-state index is 0. The van der Waals surface area contributed by atoms with E-state index in [1.54, 1.807) is 7.05 Å². The Bertz CT molecular complexity index is 955. The molecule has 0 aliphatic heterocycles. The third kappa shape index (κ3) is 4.84. The number of aliphatic imine (C=N–C) groups is 1. The summed E-state index contributed by atoms with van der Waals surface area (Å²) in [7, 11) is 3.77. The Hall–Kier alpha value is -2.10. The van der Waals surface area contributed by atoms with Crippen LogP contribution in [0.25, 0.3) is 11.0 Å². The molecule has 3 aromatic rings. The molecule has 2 aromatic heterocycles. The van der Waals surface area contributed by atoms with E-state index < -0.39 is 0 Å². The van der Waals surface area contributed by atoms with E-state index >= 15 is 0 Å². The molecule has 0 fully saturated rings. The van der Waals surface area contributed by atoms with Crippen LogP contribution in [0.2, 0.25) is 0 Å². The van der Waals surface area contributed by atoms with Crippen molar-refractivity contribution in [3.63, 3.8) is 0 Å². The summed E-state index contributed by atoms with van der Waals surface area (Å²) in [6.45, 7) is 8.68. The number of halogens is 1. The molecule has 28 heavy (non-hydrogen) atoms. The SMILES string of the molecule is CN=C(NCCCn1c(C)nc2ccccc21)NCc1c(C)nn(C)c1C.I. The van der Waals surface area contributed by atoms with Gasteiger partial charge in [0.05, 0.1) is 16.7 Å². The number of benzene rings is 1. The Morgan fingerprint density at radius 2 is 1.89 bits per heavy atom. The second kappa shape index (κ2) is 9.90. The fraction of sp³-hybridized carbons (Fsp3) is 0.450. The van der Waals surface area contributed by atoms with Gasteiger partial charge in [-0.25, -0.2) is 4.98 Å². The molecule has 0 aliphatic rings. The fourth-order valence-electron chi connectivity index (χ4n) is 3.39. The largest absolute Gasteiger partial charge is 0.356 e. The van der Waals surface area contributed by atoms with Crippen molar-refractivity contribution in [2.75, 3.05) is 13.6 Å².